The summed E-state index contributed by atoms with van der Waals surface area (Å²) >= 11 is 0. The number of aromatic nitrogens is 2. The van der Waals surface area contributed by atoms with Gasteiger partial charge in [-0.15, -0.1) is 0 Å². The lowest BCUT2D eigenvalue weighted by Gasteiger charge is -2.08. The number of methoxy groups -OCH3 is 1. The van der Waals surface area contributed by atoms with Crippen LogP contribution >= 0.6 is 0 Å². The van der Waals surface area contributed by atoms with E-state index >= 15 is 0 Å². The number of aryl methyl sites for hydroxylation is 2. The van der Waals surface area contributed by atoms with Gasteiger partial charge in [0, 0.05) is 5.39 Å². The van der Waals surface area contributed by atoms with Gasteiger partial charge in [-0.2, -0.15) is 0 Å². The lowest BCUT2D eigenvalue weighted by molar-refractivity contribution is 0.415. The van der Waals surface area contributed by atoms with Crippen molar-refractivity contribution < 1.29 is 4.74 Å². The monoisotopic (exact) mass is 231 g/mol. The third-order valence-electron chi connectivity index (χ3n) is 2.71. The molecule has 0 spiro atoms. The van der Waals surface area contributed by atoms with Crippen molar-refractivity contribution in [2.45, 2.75) is 19.8 Å². The summed E-state index contributed by atoms with van der Waals surface area (Å²) in [5, 5.41) is 1.06. The Morgan fingerprint density at radius 2 is 2.12 bits per heavy atom. The Kier molecular flexibility index (Phi) is 3.54. The Bertz CT molecular complexity index is 525. The van der Waals surface area contributed by atoms with Crippen molar-refractivity contribution in [3.05, 3.63) is 29.7 Å². The number of hydrogen-bond acceptors (Lipinski definition) is 4. The largest absolute Gasteiger partial charge is 0.497 e. The maximum Gasteiger partial charge on any atom is 0.126 e. The number of nitrogens with two attached hydrogens (primary N) is 1. The van der Waals surface area contributed by atoms with Crippen LogP contribution < -0.4 is 10.5 Å². The summed E-state index contributed by atoms with van der Waals surface area (Å²) in [6.45, 7) is 2.59. The fourth-order valence-electron chi connectivity index (χ4n) is 1.89. The number of fused-ring (bicyclic) bond motifs is 1. The van der Waals surface area contributed by atoms with Gasteiger partial charge in [0.15, 0.2) is 0 Å². The molecule has 90 valence electrons. The molecule has 0 radical (unpaired) electrons. The normalized spacial score (nSPS) is 10.8. The van der Waals surface area contributed by atoms with Crippen molar-refractivity contribution in [2.75, 3.05) is 13.7 Å². The zero-order valence-corrected chi connectivity index (χ0v) is 10.2. The fourth-order valence-corrected chi connectivity index (χ4v) is 1.89. The molecule has 0 aliphatic carbocycles. The summed E-state index contributed by atoms with van der Waals surface area (Å²) in [5.74, 6) is 1.63. The maximum absolute atomic E-state index is 5.55. The lowest BCUT2D eigenvalue weighted by atomic mass is 10.1. The van der Waals surface area contributed by atoms with Crippen LogP contribution in [-0.4, -0.2) is 23.6 Å². The van der Waals surface area contributed by atoms with Gasteiger partial charge in [0.2, 0.25) is 0 Å². The van der Waals surface area contributed by atoms with Gasteiger partial charge in [-0.3, -0.25) is 0 Å². The van der Waals surface area contributed by atoms with E-state index in [1.54, 1.807) is 7.11 Å². The van der Waals surface area contributed by atoms with Gasteiger partial charge in [-0.05, 0) is 44.5 Å². The van der Waals surface area contributed by atoms with Gasteiger partial charge in [0.05, 0.1) is 18.3 Å². The van der Waals surface area contributed by atoms with E-state index in [1.165, 1.54) is 0 Å². The van der Waals surface area contributed by atoms with Crippen molar-refractivity contribution in [3.63, 3.8) is 0 Å². The highest BCUT2D eigenvalue weighted by Gasteiger charge is 2.06. The van der Waals surface area contributed by atoms with E-state index < -0.39 is 0 Å². The first-order chi connectivity index (χ1) is 8.24. The molecule has 2 rings (SSSR count). The molecule has 0 aliphatic heterocycles. The highest BCUT2D eigenvalue weighted by molar-refractivity contribution is 5.82. The molecule has 0 unspecified atom stereocenters. The van der Waals surface area contributed by atoms with Gasteiger partial charge in [0.25, 0.3) is 0 Å². The average Bonchev–Trinajstić information content (AvgIpc) is 2.35. The molecular weight excluding hydrogens is 214 g/mol. The minimum Gasteiger partial charge on any atom is -0.497 e. The molecule has 4 heteroatoms. The molecule has 4 nitrogen and oxygen atoms in total. The van der Waals surface area contributed by atoms with E-state index in [1.807, 2.05) is 25.1 Å². The van der Waals surface area contributed by atoms with Crippen molar-refractivity contribution in [2.24, 2.45) is 5.73 Å². The molecule has 0 amide bonds. The number of ether oxygens (including phenoxy) is 1. The molecule has 0 saturated heterocycles. The molecule has 17 heavy (non-hydrogen) atoms. The van der Waals surface area contributed by atoms with Gasteiger partial charge >= 0.3 is 0 Å². The standard InChI is InChI=1S/C13H17N3O/c1-9-15-12(4-3-7-14)11-8-10(17-2)5-6-13(11)16-9/h5-6,8H,3-4,7,14H2,1-2H3. The van der Waals surface area contributed by atoms with Crippen LogP contribution in [0.1, 0.15) is 17.9 Å². The Morgan fingerprint density at radius 1 is 1.29 bits per heavy atom. The van der Waals surface area contributed by atoms with Crippen molar-refractivity contribution in [1.29, 1.82) is 0 Å². The Hall–Kier alpha value is -1.68. The average molecular weight is 231 g/mol. The third kappa shape index (κ3) is 2.53. The van der Waals surface area contributed by atoms with E-state index in [4.69, 9.17) is 10.5 Å². The second-order valence-electron chi connectivity index (χ2n) is 3.99. The van der Waals surface area contributed by atoms with Crippen LogP contribution in [0.3, 0.4) is 0 Å². The lowest BCUT2D eigenvalue weighted by Crippen LogP contribution is -2.04. The van der Waals surface area contributed by atoms with Crippen LogP contribution in [0.25, 0.3) is 10.9 Å². The zero-order chi connectivity index (χ0) is 12.3. The van der Waals surface area contributed by atoms with Crippen LogP contribution in [0.5, 0.6) is 5.75 Å². The predicted octanol–water partition coefficient (Wildman–Crippen LogP) is 1.84. The van der Waals surface area contributed by atoms with Crippen molar-refractivity contribution in [3.8, 4) is 5.75 Å². The van der Waals surface area contributed by atoms with Gasteiger partial charge in [-0.25, -0.2) is 9.97 Å². The number of nitrogens with zero attached hydrogens (tertiary/aromatic N) is 2. The topological polar surface area (TPSA) is 61.0 Å². The van der Waals surface area contributed by atoms with E-state index in [9.17, 15) is 0 Å². The maximum atomic E-state index is 5.55. The quantitative estimate of drug-likeness (QED) is 0.872. The fraction of sp³-hybridized carbons (Fsp3) is 0.385. The van der Waals surface area contributed by atoms with E-state index in [-0.39, 0.29) is 0 Å². The molecule has 0 bridgehead atoms. The highest BCUT2D eigenvalue weighted by atomic mass is 16.5. The molecule has 0 saturated carbocycles. The summed E-state index contributed by atoms with van der Waals surface area (Å²) in [6, 6.07) is 5.87. The number of hydrogen-bond donors (Lipinski definition) is 1. The van der Waals surface area contributed by atoms with Crippen LogP contribution in [0.4, 0.5) is 0 Å². The first-order valence-corrected chi connectivity index (χ1v) is 5.76. The predicted molar refractivity (Wildman–Crippen MR) is 68.2 cm³/mol. The Labute approximate surface area is 101 Å². The summed E-state index contributed by atoms with van der Waals surface area (Å²) in [6.07, 6.45) is 1.81. The van der Waals surface area contributed by atoms with Crippen LogP contribution in [0.2, 0.25) is 0 Å². The molecular formula is C13H17N3O. The summed E-state index contributed by atoms with van der Waals surface area (Å²) in [7, 11) is 1.66. The number of rotatable bonds is 4. The second kappa shape index (κ2) is 5.10. The van der Waals surface area contributed by atoms with Crippen molar-refractivity contribution in [1.82, 2.24) is 9.97 Å². The minimum absolute atomic E-state index is 0.675. The highest BCUT2D eigenvalue weighted by Crippen LogP contribution is 2.22. The molecule has 1 aromatic carbocycles. The molecule has 1 aromatic heterocycles. The molecule has 0 fully saturated rings. The summed E-state index contributed by atoms with van der Waals surface area (Å²) < 4.78 is 5.23. The van der Waals surface area contributed by atoms with Crippen LogP contribution in [-0.2, 0) is 6.42 Å². The minimum atomic E-state index is 0.675. The van der Waals surface area contributed by atoms with Crippen LogP contribution in [0, 0.1) is 6.92 Å². The second-order valence-corrected chi connectivity index (χ2v) is 3.99. The van der Waals surface area contributed by atoms with Gasteiger partial charge in [0.1, 0.15) is 11.6 Å². The van der Waals surface area contributed by atoms with Gasteiger partial charge < -0.3 is 10.5 Å². The van der Waals surface area contributed by atoms with Gasteiger partial charge in [-0.1, -0.05) is 0 Å². The molecule has 1 heterocycles. The van der Waals surface area contributed by atoms with E-state index in [0.29, 0.717) is 6.54 Å². The third-order valence-corrected chi connectivity index (χ3v) is 2.71. The molecule has 0 atom stereocenters. The Balaban J connectivity index is 2.53. The molecule has 2 aromatic rings. The smallest absolute Gasteiger partial charge is 0.126 e. The first-order valence-electron chi connectivity index (χ1n) is 5.76. The molecule has 0 aliphatic rings. The summed E-state index contributed by atoms with van der Waals surface area (Å²) in [5.41, 5.74) is 7.56. The van der Waals surface area contributed by atoms with E-state index in [2.05, 4.69) is 9.97 Å². The first kappa shape index (κ1) is 11.8. The zero-order valence-electron chi connectivity index (χ0n) is 10.2. The van der Waals surface area contributed by atoms with E-state index in [0.717, 1.165) is 41.0 Å². The molecule has 2 N–H and O–H groups in total. The SMILES string of the molecule is COc1ccc2nc(C)nc(CCCN)c2c1. The number of benzene rings is 1. The Morgan fingerprint density at radius 3 is 2.82 bits per heavy atom. The van der Waals surface area contributed by atoms with Crippen LogP contribution in [0.15, 0.2) is 18.2 Å². The van der Waals surface area contributed by atoms with Crippen molar-refractivity contribution >= 4 is 10.9 Å². The summed E-state index contributed by atoms with van der Waals surface area (Å²) in [4.78, 5) is 8.91.